The van der Waals surface area contributed by atoms with Crippen LogP contribution in [-0.4, -0.2) is 64.4 Å². The predicted molar refractivity (Wildman–Crippen MR) is 130 cm³/mol. The molecule has 1 aliphatic heterocycles. The molecule has 1 saturated heterocycles. The SMILES string of the molecule is C[C@H]1C[C@@H](NC(=O)c2c(O)c3cc(-c4ccc(F)cc4)cnc3n(CCN3CCOCC3)c2=O)C1. The number of carbonyl (C=O) groups excluding carboxylic acids is 1. The maximum atomic E-state index is 13.5. The molecule has 2 aromatic heterocycles. The van der Waals surface area contributed by atoms with Crippen LogP contribution in [0.3, 0.4) is 0 Å². The van der Waals surface area contributed by atoms with Crippen LogP contribution in [0, 0.1) is 11.7 Å². The summed E-state index contributed by atoms with van der Waals surface area (Å²) in [5.74, 6) is -0.780. The highest BCUT2D eigenvalue weighted by Gasteiger charge is 2.30. The van der Waals surface area contributed by atoms with Crippen molar-refractivity contribution in [3.63, 3.8) is 0 Å². The van der Waals surface area contributed by atoms with E-state index in [-0.39, 0.29) is 23.2 Å². The van der Waals surface area contributed by atoms with Crippen LogP contribution in [0.25, 0.3) is 22.2 Å². The van der Waals surface area contributed by atoms with Gasteiger partial charge in [0.25, 0.3) is 11.5 Å². The largest absolute Gasteiger partial charge is 0.506 e. The van der Waals surface area contributed by atoms with Crippen LogP contribution in [-0.2, 0) is 11.3 Å². The third kappa shape index (κ3) is 4.78. The first-order valence-corrected chi connectivity index (χ1v) is 12.0. The molecule has 2 aliphatic rings. The second kappa shape index (κ2) is 9.75. The minimum atomic E-state index is -0.571. The number of halogens is 1. The first-order chi connectivity index (χ1) is 16.9. The Hall–Kier alpha value is -3.30. The first kappa shape index (κ1) is 23.4. The standard InChI is InChI=1S/C26H29FN4O4/c1-16-12-20(13-16)29-25(33)22-23(32)21-14-18(17-2-4-19(27)5-3-17)15-28-24(21)31(26(22)34)7-6-30-8-10-35-11-9-30/h2-5,14-16,20,32H,6-13H2,1H3,(H,29,33)/t16-,20+. The number of fused-ring (bicyclic) bond motifs is 1. The number of nitrogens with one attached hydrogen (secondary N) is 1. The van der Waals surface area contributed by atoms with Gasteiger partial charge in [-0.05, 0) is 42.5 Å². The van der Waals surface area contributed by atoms with E-state index in [1.54, 1.807) is 24.4 Å². The highest BCUT2D eigenvalue weighted by atomic mass is 19.1. The van der Waals surface area contributed by atoms with Crippen LogP contribution in [0.15, 0.2) is 41.3 Å². The Labute approximate surface area is 202 Å². The number of rotatable bonds is 6. The number of hydrogen-bond donors (Lipinski definition) is 2. The molecule has 1 saturated carbocycles. The first-order valence-electron chi connectivity index (χ1n) is 12.0. The van der Waals surface area contributed by atoms with Crippen LogP contribution < -0.4 is 10.9 Å². The second-order valence-electron chi connectivity index (χ2n) is 9.48. The van der Waals surface area contributed by atoms with Crippen molar-refractivity contribution < 1.29 is 19.0 Å². The highest BCUT2D eigenvalue weighted by molar-refractivity contribution is 6.02. The number of pyridine rings is 2. The molecule has 3 aromatic rings. The lowest BCUT2D eigenvalue weighted by Gasteiger charge is -2.33. The normalized spacial score (nSPS) is 20.5. The molecule has 35 heavy (non-hydrogen) atoms. The second-order valence-corrected chi connectivity index (χ2v) is 9.48. The quantitative estimate of drug-likeness (QED) is 0.563. The number of amides is 1. The Kier molecular flexibility index (Phi) is 6.53. The van der Waals surface area contributed by atoms with E-state index < -0.39 is 11.5 Å². The molecule has 0 atom stereocenters. The van der Waals surface area contributed by atoms with Gasteiger partial charge in [-0.25, -0.2) is 9.37 Å². The van der Waals surface area contributed by atoms with Crippen LogP contribution >= 0.6 is 0 Å². The fraction of sp³-hybridized carbons (Fsp3) is 0.423. The van der Waals surface area contributed by atoms with E-state index in [4.69, 9.17) is 4.74 Å². The van der Waals surface area contributed by atoms with Gasteiger partial charge in [-0.15, -0.1) is 0 Å². The Morgan fingerprint density at radius 2 is 1.89 bits per heavy atom. The van der Waals surface area contributed by atoms with E-state index in [1.807, 2.05) is 0 Å². The number of ether oxygens (including phenoxy) is 1. The summed E-state index contributed by atoms with van der Waals surface area (Å²) in [5, 5.41) is 14.3. The number of aromatic nitrogens is 2. The van der Waals surface area contributed by atoms with Gasteiger partial charge in [0.1, 0.15) is 22.8 Å². The summed E-state index contributed by atoms with van der Waals surface area (Å²) >= 11 is 0. The molecule has 0 bridgehead atoms. The number of morpholine rings is 1. The Bertz CT molecular complexity index is 1300. The zero-order chi connectivity index (χ0) is 24.5. The summed E-state index contributed by atoms with van der Waals surface area (Å²) in [7, 11) is 0. The Morgan fingerprint density at radius 3 is 2.57 bits per heavy atom. The van der Waals surface area contributed by atoms with Crippen molar-refractivity contribution in [1.82, 2.24) is 19.8 Å². The molecule has 5 rings (SSSR count). The van der Waals surface area contributed by atoms with E-state index >= 15 is 0 Å². The zero-order valence-electron chi connectivity index (χ0n) is 19.7. The van der Waals surface area contributed by atoms with Crippen LogP contribution in [0.5, 0.6) is 5.75 Å². The number of carbonyl (C=O) groups is 1. The fourth-order valence-corrected chi connectivity index (χ4v) is 4.87. The minimum Gasteiger partial charge on any atom is -0.506 e. The van der Waals surface area contributed by atoms with Gasteiger partial charge in [0.2, 0.25) is 0 Å². The van der Waals surface area contributed by atoms with Gasteiger partial charge in [-0.3, -0.25) is 19.1 Å². The van der Waals surface area contributed by atoms with Gasteiger partial charge in [-0.2, -0.15) is 0 Å². The molecule has 1 amide bonds. The average molecular weight is 481 g/mol. The van der Waals surface area contributed by atoms with Crippen molar-refractivity contribution in [3.8, 4) is 16.9 Å². The van der Waals surface area contributed by atoms with Gasteiger partial charge < -0.3 is 15.2 Å². The molecule has 3 heterocycles. The molecule has 8 nitrogen and oxygen atoms in total. The molecule has 184 valence electrons. The Morgan fingerprint density at radius 1 is 1.17 bits per heavy atom. The third-order valence-corrected chi connectivity index (χ3v) is 6.93. The summed E-state index contributed by atoms with van der Waals surface area (Å²) < 4.78 is 20.3. The van der Waals surface area contributed by atoms with E-state index in [0.717, 1.165) is 25.9 Å². The van der Waals surface area contributed by atoms with Gasteiger partial charge in [-0.1, -0.05) is 19.1 Å². The molecule has 0 spiro atoms. The molecule has 2 fully saturated rings. The molecule has 0 radical (unpaired) electrons. The lowest BCUT2D eigenvalue weighted by Crippen LogP contribution is -2.45. The van der Waals surface area contributed by atoms with Gasteiger partial charge in [0.05, 0.1) is 18.6 Å². The van der Waals surface area contributed by atoms with Gasteiger partial charge >= 0.3 is 0 Å². The average Bonchev–Trinajstić information content (AvgIpc) is 2.84. The molecular weight excluding hydrogens is 451 g/mol. The van der Waals surface area contributed by atoms with Crippen molar-refractivity contribution in [2.24, 2.45) is 5.92 Å². The Balaban J connectivity index is 1.57. The monoisotopic (exact) mass is 480 g/mol. The summed E-state index contributed by atoms with van der Waals surface area (Å²) in [6.45, 7) is 5.82. The molecule has 0 unspecified atom stereocenters. The summed E-state index contributed by atoms with van der Waals surface area (Å²) in [6.07, 6.45) is 3.29. The zero-order valence-corrected chi connectivity index (χ0v) is 19.7. The molecule has 2 N–H and O–H groups in total. The van der Waals surface area contributed by atoms with Crippen molar-refractivity contribution in [2.45, 2.75) is 32.4 Å². The summed E-state index contributed by atoms with van der Waals surface area (Å²) in [5.41, 5.74) is 0.832. The lowest BCUT2D eigenvalue weighted by molar-refractivity contribution is 0.0364. The molecule has 1 aliphatic carbocycles. The van der Waals surface area contributed by atoms with Crippen LogP contribution in [0.1, 0.15) is 30.1 Å². The van der Waals surface area contributed by atoms with Crippen LogP contribution in [0.2, 0.25) is 0 Å². The van der Waals surface area contributed by atoms with Gasteiger partial charge in [0.15, 0.2) is 0 Å². The molecule has 9 heteroatoms. The maximum absolute atomic E-state index is 13.5. The van der Waals surface area contributed by atoms with Crippen molar-refractivity contribution in [3.05, 3.63) is 58.3 Å². The van der Waals surface area contributed by atoms with Crippen molar-refractivity contribution in [1.29, 1.82) is 0 Å². The predicted octanol–water partition coefficient (Wildman–Crippen LogP) is 2.77. The van der Waals surface area contributed by atoms with E-state index in [1.165, 1.54) is 16.7 Å². The smallest absolute Gasteiger partial charge is 0.268 e. The third-order valence-electron chi connectivity index (χ3n) is 6.93. The number of benzene rings is 1. The van der Waals surface area contributed by atoms with E-state index in [9.17, 15) is 19.1 Å². The lowest BCUT2D eigenvalue weighted by atomic mass is 9.82. The maximum Gasteiger partial charge on any atom is 0.268 e. The van der Waals surface area contributed by atoms with Gasteiger partial charge in [0, 0.05) is 44.0 Å². The number of aromatic hydroxyl groups is 1. The number of nitrogens with zero attached hydrogens (tertiary/aromatic N) is 3. The minimum absolute atomic E-state index is 0.00234. The van der Waals surface area contributed by atoms with Crippen molar-refractivity contribution >= 4 is 16.9 Å². The highest BCUT2D eigenvalue weighted by Crippen LogP contribution is 2.31. The molecule has 1 aromatic carbocycles. The summed E-state index contributed by atoms with van der Waals surface area (Å²) in [4.78, 5) is 33.3. The molecular formula is C26H29FN4O4. The van der Waals surface area contributed by atoms with Crippen LogP contribution in [0.4, 0.5) is 4.39 Å². The van der Waals surface area contributed by atoms with E-state index in [2.05, 4.69) is 22.1 Å². The van der Waals surface area contributed by atoms with Crippen molar-refractivity contribution in [2.75, 3.05) is 32.8 Å². The number of hydrogen-bond acceptors (Lipinski definition) is 6. The van der Waals surface area contributed by atoms with E-state index in [0.29, 0.717) is 54.4 Å². The fourth-order valence-electron chi connectivity index (χ4n) is 4.87. The summed E-state index contributed by atoms with van der Waals surface area (Å²) in [6, 6.07) is 7.63. The topological polar surface area (TPSA) is 96.7 Å².